The zero-order valence-electron chi connectivity index (χ0n) is 20.0. The lowest BCUT2D eigenvalue weighted by molar-refractivity contribution is 0.170. The molecule has 6 rings (SSSR count). The topological polar surface area (TPSA) is 124 Å². The maximum Gasteiger partial charge on any atom is 0.192 e. The second kappa shape index (κ2) is 8.18. The number of ether oxygens (including phenoxy) is 3. The van der Waals surface area contributed by atoms with Gasteiger partial charge >= 0.3 is 0 Å². The first-order valence-corrected chi connectivity index (χ1v) is 14.1. The van der Waals surface area contributed by atoms with Crippen LogP contribution >= 0.6 is 11.8 Å². The normalized spacial score (nSPS) is 32.8. The van der Waals surface area contributed by atoms with Crippen LogP contribution in [-0.4, -0.2) is 39.5 Å². The van der Waals surface area contributed by atoms with Gasteiger partial charge in [-0.05, 0) is 36.0 Å². The molecular formula is C26H25N3O5S2. The van der Waals surface area contributed by atoms with Crippen molar-refractivity contribution in [3.8, 4) is 11.8 Å². The molecule has 5 aliphatic rings. The molecule has 8 nitrogen and oxygen atoms in total. The number of aliphatic imine (C=N–C) groups is 1. The van der Waals surface area contributed by atoms with Crippen LogP contribution < -0.4 is 10.5 Å². The molecule has 1 aliphatic carbocycles. The third kappa shape index (κ3) is 2.99. The number of benzene rings is 1. The van der Waals surface area contributed by atoms with E-state index in [0.29, 0.717) is 22.6 Å². The number of sulfone groups is 1. The summed E-state index contributed by atoms with van der Waals surface area (Å²) in [6.45, 7) is 2.16. The monoisotopic (exact) mass is 523 g/mol. The molecule has 0 aromatic heterocycles. The summed E-state index contributed by atoms with van der Waals surface area (Å²) in [7, 11) is -0.721. The Hall–Kier alpha value is -3.16. The number of fused-ring (bicyclic) bond motifs is 3. The van der Waals surface area contributed by atoms with Gasteiger partial charge in [0, 0.05) is 23.3 Å². The fourth-order valence-corrected chi connectivity index (χ4v) is 10.2. The van der Waals surface area contributed by atoms with Gasteiger partial charge in [-0.25, -0.2) is 8.42 Å². The molecule has 0 spiro atoms. The zero-order valence-corrected chi connectivity index (χ0v) is 21.7. The molecule has 36 heavy (non-hydrogen) atoms. The number of rotatable bonds is 3. The maximum absolute atomic E-state index is 14.0. The molecule has 186 valence electrons. The molecule has 5 unspecified atom stereocenters. The second-order valence-corrected chi connectivity index (χ2v) is 13.0. The molecule has 1 aromatic carbocycles. The second-order valence-electron chi connectivity index (χ2n) is 9.48. The molecule has 4 aliphatic heterocycles. The van der Waals surface area contributed by atoms with E-state index in [0.717, 1.165) is 41.3 Å². The average Bonchev–Trinajstić information content (AvgIpc) is 3.49. The number of nitrogens with two attached hydrogens (primary N) is 1. The third-order valence-corrected chi connectivity index (χ3v) is 11.7. The van der Waals surface area contributed by atoms with Crippen molar-refractivity contribution in [3.63, 3.8) is 0 Å². The van der Waals surface area contributed by atoms with E-state index in [1.165, 1.54) is 7.11 Å². The molecule has 5 atom stereocenters. The van der Waals surface area contributed by atoms with Crippen molar-refractivity contribution < 1.29 is 22.6 Å². The van der Waals surface area contributed by atoms with E-state index in [4.69, 9.17) is 19.9 Å². The van der Waals surface area contributed by atoms with Crippen molar-refractivity contribution in [1.82, 2.24) is 0 Å². The molecule has 0 radical (unpaired) electrons. The first-order valence-electron chi connectivity index (χ1n) is 11.7. The minimum atomic E-state index is -3.83. The molecule has 2 N–H and O–H groups in total. The van der Waals surface area contributed by atoms with Crippen molar-refractivity contribution in [2.45, 2.75) is 47.2 Å². The Bertz CT molecular complexity index is 1500. The van der Waals surface area contributed by atoms with Gasteiger partial charge in [-0.2, -0.15) is 5.26 Å². The van der Waals surface area contributed by atoms with Gasteiger partial charge in [-0.15, -0.1) is 0 Å². The van der Waals surface area contributed by atoms with E-state index in [2.05, 4.69) is 18.0 Å². The van der Waals surface area contributed by atoms with E-state index in [-0.39, 0.29) is 27.5 Å². The van der Waals surface area contributed by atoms with Crippen molar-refractivity contribution in [1.29, 1.82) is 5.26 Å². The van der Waals surface area contributed by atoms with Gasteiger partial charge in [0.1, 0.15) is 22.2 Å². The highest BCUT2D eigenvalue weighted by Gasteiger charge is 2.55. The van der Waals surface area contributed by atoms with Crippen LogP contribution in [0.25, 0.3) is 0 Å². The lowest BCUT2D eigenvalue weighted by Crippen LogP contribution is -2.27. The summed E-state index contributed by atoms with van der Waals surface area (Å²) in [4.78, 5) is 4.79. The van der Waals surface area contributed by atoms with E-state index >= 15 is 0 Å². The summed E-state index contributed by atoms with van der Waals surface area (Å²) >= 11 is 1.04. The van der Waals surface area contributed by atoms with E-state index in [1.807, 2.05) is 6.07 Å². The molecule has 0 saturated heterocycles. The molecule has 0 fully saturated rings. The standard InChI is InChI=1S/C26H25N3O5S2/c1-12-4-6-18-21-16(11-34-18)19(33-3)10-29-9-15(20(12)21)13-5-7-17(32-2)23-22-14(8-27)25(28)35-26(22)36(30,31)24(13)23/h5,7,9-12,15,18,22,26H,4,6,28H2,1-3H3/b19-10+,29-9?. The Balaban J connectivity index is 1.64. The highest BCUT2D eigenvalue weighted by Crippen LogP contribution is 2.60. The SMILES string of the molecule is CO/C1=C/N=CC(c2ccc(OC)c3c2S(=O)(=O)C2SC(N)=C(C#N)C32)C2=C3C1=COC3CCC2C. The largest absolute Gasteiger partial charge is 0.496 e. The van der Waals surface area contributed by atoms with E-state index < -0.39 is 26.3 Å². The third-order valence-electron chi connectivity index (χ3n) is 7.77. The lowest BCUT2D eigenvalue weighted by Gasteiger charge is -2.34. The van der Waals surface area contributed by atoms with Crippen LogP contribution in [-0.2, 0) is 19.3 Å². The predicted molar refractivity (Wildman–Crippen MR) is 136 cm³/mol. The molecule has 1 aromatic rings. The van der Waals surface area contributed by atoms with Crippen LogP contribution in [0.1, 0.15) is 42.7 Å². The Labute approximate surface area is 214 Å². The highest BCUT2D eigenvalue weighted by molar-refractivity contribution is 8.16. The Morgan fingerprint density at radius 1 is 1.25 bits per heavy atom. The zero-order chi connectivity index (χ0) is 25.4. The number of nitrogens with zero attached hydrogens (tertiary/aromatic N) is 2. The summed E-state index contributed by atoms with van der Waals surface area (Å²) in [5, 5.41) is 10.1. The quantitative estimate of drug-likeness (QED) is 0.631. The van der Waals surface area contributed by atoms with Crippen LogP contribution in [0.3, 0.4) is 0 Å². The summed E-state index contributed by atoms with van der Waals surface area (Å²) < 4.78 is 44.5. The summed E-state index contributed by atoms with van der Waals surface area (Å²) in [5.41, 5.74) is 10.5. The van der Waals surface area contributed by atoms with Crippen LogP contribution in [0, 0.1) is 17.2 Å². The van der Waals surface area contributed by atoms with Crippen LogP contribution in [0.5, 0.6) is 5.75 Å². The van der Waals surface area contributed by atoms with Crippen LogP contribution in [0.15, 0.2) is 67.6 Å². The smallest absolute Gasteiger partial charge is 0.192 e. The van der Waals surface area contributed by atoms with Gasteiger partial charge in [-0.3, -0.25) is 4.99 Å². The van der Waals surface area contributed by atoms with Crippen molar-refractivity contribution in [2.24, 2.45) is 16.6 Å². The molecule has 0 bridgehead atoms. The summed E-state index contributed by atoms with van der Waals surface area (Å²) in [6.07, 6.45) is 6.84. The molecule has 0 saturated carbocycles. The number of hydrogen-bond acceptors (Lipinski definition) is 9. The van der Waals surface area contributed by atoms with Gasteiger partial charge in [0.05, 0.1) is 59.7 Å². The minimum absolute atomic E-state index is 0.107. The fourth-order valence-electron chi connectivity index (χ4n) is 6.20. The van der Waals surface area contributed by atoms with Crippen LogP contribution in [0.2, 0.25) is 0 Å². The molecule has 4 heterocycles. The Morgan fingerprint density at radius 3 is 2.78 bits per heavy atom. The van der Waals surface area contributed by atoms with Gasteiger partial charge < -0.3 is 19.9 Å². The summed E-state index contributed by atoms with van der Waals surface area (Å²) in [5.74, 6) is 0.165. The number of methoxy groups -OCH3 is 2. The predicted octanol–water partition coefficient (Wildman–Crippen LogP) is 4.00. The molecular weight excluding hydrogens is 498 g/mol. The van der Waals surface area contributed by atoms with Crippen molar-refractivity contribution in [2.75, 3.05) is 14.2 Å². The van der Waals surface area contributed by atoms with Gasteiger partial charge in [0.15, 0.2) is 9.84 Å². The van der Waals surface area contributed by atoms with Gasteiger partial charge in [0.25, 0.3) is 0 Å². The maximum atomic E-state index is 14.0. The Morgan fingerprint density at radius 2 is 2.06 bits per heavy atom. The van der Waals surface area contributed by atoms with Gasteiger partial charge in [0.2, 0.25) is 0 Å². The highest BCUT2D eigenvalue weighted by atomic mass is 32.3. The first-order chi connectivity index (χ1) is 17.3. The number of nitriles is 1. The number of hydrogen-bond donors (Lipinski definition) is 1. The lowest BCUT2D eigenvalue weighted by atomic mass is 9.72. The first kappa shape index (κ1) is 23.3. The van der Waals surface area contributed by atoms with Crippen molar-refractivity contribution in [3.05, 3.63) is 68.8 Å². The average molecular weight is 524 g/mol. The van der Waals surface area contributed by atoms with Crippen LogP contribution in [0.4, 0.5) is 0 Å². The fraction of sp³-hybridized carbons (Fsp3) is 0.385. The number of allylic oxidation sites excluding steroid dienone is 3. The van der Waals surface area contributed by atoms with Crippen molar-refractivity contribution >= 4 is 27.8 Å². The van der Waals surface area contributed by atoms with E-state index in [9.17, 15) is 13.7 Å². The van der Waals surface area contributed by atoms with E-state index in [1.54, 1.807) is 31.9 Å². The minimum Gasteiger partial charge on any atom is -0.496 e. The Kier molecular flexibility index (Phi) is 5.28. The summed E-state index contributed by atoms with van der Waals surface area (Å²) in [6, 6.07) is 5.76. The van der Waals surface area contributed by atoms with Gasteiger partial charge in [-0.1, -0.05) is 24.8 Å². The molecule has 0 amide bonds. The molecule has 10 heteroatoms. The number of thioether (sulfide) groups is 1.